The molecule has 0 spiro atoms. The molecule has 4 nitrogen and oxygen atoms in total. The third-order valence-electron chi connectivity index (χ3n) is 2.38. The number of nitrogens with one attached hydrogen (secondary N) is 2. The van der Waals surface area contributed by atoms with Crippen molar-refractivity contribution in [2.24, 2.45) is 0 Å². The number of rotatable bonds is 4. The average molecular weight is 471 g/mol. The molecule has 0 radical (unpaired) electrons. The molecule has 2 rings (SSSR count). The molecule has 0 saturated carbocycles. The molecule has 0 unspecified atom stereocenters. The summed E-state index contributed by atoms with van der Waals surface area (Å²) in [5, 5.41) is 0. The highest BCUT2D eigenvalue weighted by Gasteiger charge is 2.17. The largest absolute Gasteiger partial charge is 0.343 e. The molecule has 0 atom stereocenters. The van der Waals surface area contributed by atoms with E-state index in [2.05, 4.69) is 58.3 Å². The van der Waals surface area contributed by atoms with E-state index < -0.39 is 5.91 Å². The first-order chi connectivity index (χ1) is 9.49. The van der Waals surface area contributed by atoms with Crippen LogP contribution in [0.25, 0.3) is 0 Å². The zero-order valence-electron chi connectivity index (χ0n) is 9.84. The first-order valence-electron chi connectivity index (χ1n) is 5.38. The lowest BCUT2D eigenvalue weighted by Gasteiger charge is -2.05. The van der Waals surface area contributed by atoms with Crippen molar-refractivity contribution in [1.29, 1.82) is 0 Å². The maximum Gasteiger partial charge on any atom is 0.292 e. The van der Waals surface area contributed by atoms with Crippen molar-refractivity contribution in [3.05, 3.63) is 54.9 Å². The van der Waals surface area contributed by atoms with Gasteiger partial charge in [-0.25, -0.2) is 9.87 Å². The van der Waals surface area contributed by atoms with Gasteiger partial charge in [0.1, 0.15) is 11.5 Å². The van der Waals surface area contributed by atoms with Crippen LogP contribution in [0.15, 0.2) is 37.8 Å². The van der Waals surface area contributed by atoms with E-state index in [1.807, 2.05) is 0 Å². The van der Waals surface area contributed by atoms with Crippen LogP contribution in [0.1, 0.15) is 16.1 Å². The smallest absolute Gasteiger partial charge is 0.292 e. The maximum atomic E-state index is 12.7. The zero-order valence-corrected chi connectivity index (χ0v) is 14.6. The summed E-state index contributed by atoms with van der Waals surface area (Å²) in [4.78, 5) is 19.8. The number of H-pyrrole nitrogens is 1. The van der Waals surface area contributed by atoms with E-state index in [1.165, 1.54) is 12.1 Å². The highest BCUT2D eigenvalue weighted by molar-refractivity contribution is 9.14. The second-order valence-electron chi connectivity index (χ2n) is 3.79. The van der Waals surface area contributed by atoms with Gasteiger partial charge in [-0.2, -0.15) is 0 Å². The van der Waals surface area contributed by atoms with Crippen LogP contribution >= 0.6 is 47.8 Å². The lowest BCUT2D eigenvalue weighted by atomic mass is 10.2. The second-order valence-corrected chi connectivity index (χ2v) is 6.17. The summed E-state index contributed by atoms with van der Waals surface area (Å²) < 4.78 is 14.7. The number of carbonyl (C=O) groups excluding carboxylic acids is 1. The van der Waals surface area contributed by atoms with Gasteiger partial charge in [-0.15, -0.1) is 0 Å². The highest BCUT2D eigenvalue weighted by atomic mass is 79.9. The fraction of sp³-hybridized carbons (Fsp3) is 0.0833. The molecule has 1 aromatic carbocycles. The topological polar surface area (TPSA) is 54.1 Å². The van der Waals surface area contributed by atoms with E-state index in [4.69, 9.17) is 4.84 Å². The number of benzene rings is 1. The molecular weight excluding hydrogens is 463 g/mol. The molecule has 0 aliphatic carbocycles. The Morgan fingerprint density at radius 1 is 1.20 bits per heavy atom. The third kappa shape index (κ3) is 3.69. The van der Waals surface area contributed by atoms with Crippen LogP contribution in [-0.2, 0) is 11.4 Å². The van der Waals surface area contributed by atoms with Crippen molar-refractivity contribution in [3.63, 3.8) is 0 Å². The van der Waals surface area contributed by atoms with Gasteiger partial charge >= 0.3 is 0 Å². The summed E-state index contributed by atoms with van der Waals surface area (Å²) in [6.45, 7) is 0.146. The fourth-order valence-corrected chi connectivity index (χ4v) is 2.84. The van der Waals surface area contributed by atoms with E-state index in [9.17, 15) is 9.18 Å². The molecule has 0 saturated heterocycles. The highest BCUT2D eigenvalue weighted by Crippen LogP contribution is 2.33. The summed E-state index contributed by atoms with van der Waals surface area (Å²) in [5.41, 5.74) is 3.38. The number of carbonyl (C=O) groups is 1. The molecule has 1 aromatic heterocycles. The Bertz CT molecular complexity index is 628. The number of aromatic nitrogens is 1. The van der Waals surface area contributed by atoms with E-state index in [-0.39, 0.29) is 12.4 Å². The SMILES string of the molecule is O=C(NOCc1ccc(F)cc1)c1[nH]c(Br)c(Br)c1Br. The van der Waals surface area contributed by atoms with Crippen LogP contribution in [0.2, 0.25) is 0 Å². The first-order valence-corrected chi connectivity index (χ1v) is 7.76. The Morgan fingerprint density at radius 2 is 1.85 bits per heavy atom. The van der Waals surface area contributed by atoms with Gasteiger partial charge in [0.05, 0.1) is 20.2 Å². The minimum atomic E-state index is -0.426. The van der Waals surface area contributed by atoms with Crippen molar-refractivity contribution >= 4 is 53.7 Å². The molecule has 0 fully saturated rings. The van der Waals surface area contributed by atoms with Crippen LogP contribution in [-0.4, -0.2) is 10.9 Å². The van der Waals surface area contributed by atoms with Gasteiger partial charge in [-0.3, -0.25) is 9.63 Å². The summed E-state index contributed by atoms with van der Waals surface area (Å²) in [7, 11) is 0. The van der Waals surface area contributed by atoms with Crippen LogP contribution < -0.4 is 5.48 Å². The molecule has 1 amide bonds. The van der Waals surface area contributed by atoms with Gasteiger partial charge in [0, 0.05) is 0 Å². The Balaban J connectivity index is 1.92. The average Bonchev–Trinajstić information content (AvgIpc) is 2.69. The van der Waals surface area contributed by atoms with Gasteiger partial charge in [0.2, 0.25) is 0 Å². The molecule has 20 heavy (non-hydrogen) atoms. The monoisotopic (exact) mass is 468 g/mol. The van der Waals surface area contributed by atoms with E-state index in [1.54, 1.807) is 12.1 Å². The fourth-order valence-electron chi connectivity index (χ4n) is 1.40. The molecule has 8 heteroatoms. The number of hydrogen-bond acceptors (Lipinski definition) is 2. The number of amides is 1. The summed E-state index contributed by atoms with van der Waals surface area (Å²) in [6, 6.07) is 5.82. The Labute approximate surface area is 139 Å². The van der Waals surface area contributed by atoms with Crippen molar-refractivity contribution in [3.8, 4) is 0 Å². The van der Waals surface area contributed by atoms with Gasteiger partial charge in [-0.05, 0) is 65.5 Å². The number of aromatic amines is 1. The van der Waals surface area contributed by atoms with E-state index in [0.29, 0.717) is 19.2 Å². The van der Waals surface area contributed by atoms with Crippen LogP contribution in [0, 0.1) is 5.82 Å². The lowest BCUT2D eigenvalue weighted by molar-refractivity contribution is 0.0229. The van der Waals surface area contributed by atoms with Crippen molar-refractivity contribution in [2.75, 3.05) is 0 Å². The molecule has 106 valence electrons. The van der Waals surface area contributed by atoms with Gasteiger partial charge < -0.3 is 4.98 Å². The number of halogens is 4. The van der Waals surface area contributed by atoms with Crippen molar-refractivity contribution < 1.29 is 14.0 Å². The summed E-state index contributed by atoms with van der Waals surface area (Å²) in [6.07, 6.45) is 0. The quantitative estimate of drug-likeness (QED) is 0.654. The van der Waals surface area contributed by atoms with E-state index >= 15 is 0 Å². The number of hydroxylamine groups is 1. The molecule has 1 heterocycles. The normalized spacial score (nSPS) is 10.6. The predicted molar refractivity (Wildman–Crippen MR) is 82.5 cm³/mol. The van der Waals surface area contributed by atoms with Crippen molar-refractivity contribution in [1.82, 2.24) is 10.5 Å². The summed E-state index contributed by atoms with van der Waals surface area (Å²) >= 11 is 9.84. The Hall–Kier alpha value is -0.700. The molecule has 0 bridgehead atoms. The third-order valence-corrected chi connectivity index (χ3v) is 5.63. The molecule has 2 N–H and O–H groups in total. The number of hydrogen-bond donors (Lipinski definition) is 2. The van der Waals surface area contributed by atoms with Crippen LogP contribution in [0.4, 0.5) is 4.39 Å². The summed E-state index contributed by atoms with van der Waals surface area (Å²) in [5.74, 6) is -0.742. The minimum Gasteiger partial charge on any atom is -0.343 e. The van der Waals surface area contributed by atoms with Gasteiger partial charge in [-0.1, -0.05) is 12.1 Å². The van der Waals surface area contributed by atoms with Crippen LogP contribution in [0.5, 0.6) is 0 Å². The maximum absolute atomic E-state index is 12.7. The van der Waals surface area contributed by atoms with Gasteiger partial charge in [0.15, 0.2) is 0 Å². The Morgan fingerprint density at radius 3 is 2.40 bits per heavy atom. The predicted octanol–water partition coefficient (Wildman–Crippen LogP) is 4.30. The lowest BCUT2D eigenvalue weighted by Crippen LogP contribution is -2.24. The molecule has 0 aliphatic rings. The van der Waals surface area contributed by atoms with Crippen LogP contribution in [0.3, 0.4) is 0 Å². The first kappa shape index (κ1) is 15.7. The zero-order chi connectivity index (χ0) is 14.7. The van der Waals surface area contributed by atoms with E-state index in [0.717, 1.165) is 5.56 Å². The minimum absolute atomic E-state index is 0.146. The standard InChI is InChI=1S/C12H8Br3FN2O2/c13-8-9(14)11(15)17-10(8)12(19)18-20-5-6-1-3-7(16)4-2-6/h1-4,17H,5H2,(H,18,19). The Kier molecular flexibility index (Phi) is 5.36. The molecular formula is C12H8Br3FN2O2. The van der Waals surface area contributed by atoms with Crippen molar-refractivity contribution in [2.45, 2.75) is 6.61 Å². The molecule has 2 aromatic rings. The second kappa shape index (κ2) is 6.84. The molecule has 0 aliphatic heterocycles. The van der Waals surface area contributed by atoms with Gasteiger partial charge in [0.25, 0.3) is 5.91 Å².